The molecular formula is C20H22IN3OS. The average Bonchev–Trinajstić information content (AvgIpc) is 2.63. The molecule has 0 spiro atoms. The highest BCUT2D eigenvalue weighted by atomic mass is 127. The minimum Gasteiger partial charge on any atom is -0.338 e. The quantitative estimate of drug-likeness (QED) is 0.617. The van der Waals surface area contributed by atoms with Crippen molar-refractivity contribution < 1.29 is 4.79 Å². The normalized spacial score (nSPS) is 16.3. The number of hydrogen-bond acceptors (Lipinski definition) is 4. The van der Waals surface area contributed by atoms with Crippen LogP contribution in [0.2, 0.25) is 0 Å². The third-order valence-corrected chi connectivity index (χ3v) is 4.76. The number of rotatable bonds is 3. The summed E-state index contributed by atoms with van der Waals surface area (Å²) < 4.78 is 0. The summed E-state index contributed by atoms with van der Waals surface area (Å²) in [6.45, 7) is 3.90. The number of amides is 1. The first-order chi connectivity index (χ1) is 12.1. The molecule has 2 aromatic rings. The zero-order chi connectivity index (χ0) is 17.8. The Hall–Kier alpha value is -1.80. The number of carbonyl (C=O) groups excluding carboxylic acids is 1. The monoisotopic (exact) mass is 479 g/mol. The standard InChI is InChI=1S/C20H21N3OS.HI/c1-13-9-7-8-12-16(13)22-19(24)17-14(2)21-20(25-3)23-18(17)15-10-5-4-6-11-15;/h4-12,18H,1-3H3,(H,21,23)(H,22,24);1H. The van der Waals surface area contributed by atoms with Gasteiger partial charge in [-0.15, -0.1) is 24.0 Å². The summed E-state index contributed by atoms with van der Waals surface area (Å²) in [6.07, 6.45) is 1.97. The van der Waals surface area contributed by atoms with Gasteiger partial charge in [0.15, 0.2) is 5.17 Å². The van der Waals surface area contributed by atoms with Crippen LogP contribution in [0.25, 0.3) is 0 Å². The molecule has 0 saturated carbocycles. The summed E-state index contributed by atoms with van der Waals surface area (Å²) in [5.41, 5.74) is 4.33. The molecule has 0 fully saturated rings. The maximum Gasteiger partial charge on any atom is 0.255 e. The first kappa shape index (κ1) is 20.5. The van der Waals surface area contributed by atoms with Crippen molar-refractivity contribution in [2.24, 2.45) is 4.99 Å². The lowest BCUT2D eigenvalue weighted by atomic mass is 9.96. The van der Waals surface area contributed by atoms with Gasteiger partial charge in [-0.3, -0.25) is 4.79 Å². The van der Waals surface area contributed by atoms with E-state index < -0.39 is 0 Å². The number of halogens is 1. The number of benzene rings is 2. The van der Waals surface area contributed by atoms with E-state index in [0.717, 1.165) is 27.7 Å². The smallest absolute Gasteiger partial charge is 0.255 e. The highest BCUT2D eigenvalue weighted by Gasteiger charge is 2.29. The minimum absolute atomic E-state index is 0. The van der Waals surface area contributed by atoms with Crippen molar-refractivity contribution in [2.75, 3.05) is 11.6 Å². The molecular weight excluding hydrogens is 457 g/mol. The molecule has 3 rings (SSSR count). The second kappa shape index (κ2) is 9.23. The van der Waals surface area contributed by atoms with Crippen LogP contribution in [0, 0.1) is 6.92 Å². The van der Waals surface area contributed by atoms with Crippen molar-refractivity contribution in [1.29, 1.82) is 0 Å². The average molecular weight is 479 g/mol. The third kappa shape index (κ3) is 4.48. The molecule has 1 heterocycles. The van der Waals surface area contributed by atoms with Crippen LogP contribution < -0.4 is 10.6 Å². The van der Waals surface area contributed by atoms with Crippen LogP contribution in [-0.4, -0.2) is 17.3 Å². The predicted molar refractivity (Wildman–Crippen MR) is 121 cm³/mol. The molecule has 136 valence electrons. The molecule has 0 saturated heterocycles. The van der Waals surface area contributed by atoms with E-state index in [9.17, 15) is 4.79 Å². The van der Waals surface area contributed by atoms with Crippen molar-refractivity contribution in [3.8, 4) is 0 Å². The van der Waals surface area contributed by atoms with Crippen molar-refractivity contribution in [1.82, 2.24) is 5.32 Å². The fraction of sp³-hybridized carbons (Fsp3) is 0.200. The maximum atomic E-state index is 13.0. The molecule has 1 aliphatic heterocycles. The van der Waals surface area contributed by atoms with Gasteiger partial charge in [0.25, 0.3) is 5.91 Å². The fourth-order valence-corrected chi connectivity index (χ4v) is 3.29. The largest absolute Gasteiger partial charge is 0.338 e. The number of para-hydroxylation sites is 1. The molecule has 1 amide bonds. The van der Waals surface area contributed by atoms with Crippen molar-refractivity contribution >= 4 is 52.5 Å². The summed E-state index contributed by atoms with van der Waals surface area (Å²) >= 11 is 1.54. The molecule has 0 aromatic heterocycles. The minimum atomic E-state index is -0.311. The molecule has 2 aromatic carbocycles. The topological polar surface area (TPSA) is 53.5 Å². The Morgan fingerprint density at radius 3 is 2.38 bits per heavy atom. The zero-order valence-corrected chi connectivity index (χ0v) is 18.1. The van der Waals surface area contributed by atoms with E-state index in [4.69, 9.17) is 4.99 Å². The summed E-state index contributed by atoms with van der Waals surface area (Å²) in [5, 5.41) is 7.08. The summed E-state index contributed by atoms with van der Waals surface area (Å²) in [4.78, 5) is 17.8. The van der Waals surface area contributed by atoms with Gasteiger partial charge in [-0.25, -0.2) is 4.99 Å². The Balaban J connectivity index is 0.00000243. The number of carbonyl (C=O) groups is 1. The number of allylic oxidation sites excluding steroid dienone is 1. The Bertz CT molecular complexity index is 849. The lowest BCUT2D eigenvalue weighted by Gasteiger charge is -2.26. The predicted octanol–water partition coefficient (Wildman–Crippen LogP) is 4.89. The van der Waals surface area contributed by atoms with Gasteiger partial charge in [0.1, 0.15) is 6.04 Å². The number of thioether (sulfide) groups is 1. The van der Waals surface area contributed by atoms with E-state index in [0.29, 0.717) is 5.57 Å². The highest BCUT2D eigenvalue weighted by molar-refractivity contribution is 14.0. The first-order valence-electron chi connectivity index (χ1n) is 8.11. The zero-order valence-electron chi connectivity index (χ0n) is 14.9. The van der Waals surface area contributed by atoms with Gasteiger partial charge < -0.3 is 10.6 Å². The molecule has 2 N–H and O–H groups in total. The Morgan fingerprint density at radius 1 is 1.08 bits per heavy atom. The van der Waals surface area contributed by atoms with E-state index in [1.165, 1.54) is 0 Å². The second-order valence-electron chi connectivity index (χ2n) is 5.88. The van der Waals surface area contributed by atoms with E-state index in [2.05, 4.69) is 10.6 Å². The van der Waals surface area contributed by atoms with Crippen LogP contribution in [0.3, 0.4) is 0 Å². The second-order valence-corrected chi connectivity index (χ2v) is 6.68. The van der Waals surface area contributed by atoms with Gasteiger partial charge in [-0.1, -0.05) is 60.3 Å². The molecule has 1 aliphatic rings. The van der Waals surface area contributed by atoms with E-state index in [1.807, 2.05) is 74.7 Å². The number of amidine groups is 1. The summed E-state index contributed by atoms with van der Waals surface area (Å²) in [6, 6.07) is 17.4. The Kier molecular flexibility index (Phi) is 7.28. The van der Waals surface area contributed by atoms with Crippen LogP contribution in [0.5, 0.6) is 0 Å². The van der Waals surface area contributed by atoms with E-state index in [-0.39, 0.29) is 35.9 Å². The van der Waals surface area contributed by atoms with Gasteiger partial charge in [-0.05, 0) is 37.3 Å². The number of hydrogen-bond donors (Lipinski definition) is 2. The molecule has 0 aliphatic carbocycles. The molecule has 4 nitrogen and oxygen atoms in total. The van der Waals surface area contributed by atoms with Crippen LogP contribution >= 0.6 is 35.7 Å². The van der Waals surface area contributed by atoms with Crippen LogP contribution in [0.1, 0.15) is 24.1 Å². The summed E-state index contributed by atoms with van der Waals surface area (Å²) in [5.74, 6) is -0.128. The fourth-order valence-electron chi connectivity index (χ4n) is 2.82. The van der Waals surface area contributed by atoms with Gasteiger partial charge in [0, 0.05) is 11.4 Å². The third-order valence-electron chi connectivity index (χ3n) is 4.16. The van der Waals surface area contributed by atoms with Crippen molar-refractivity contribution in [3.63, 3.8) is 0 Å². The van der Waals surface area contributed by atoms with Crippen LogP contribution in [0.4, 0.5) is 5.69 Å². The molecule has 0 bridgehead atoms. The van der Waals surface area contributed by atoms with E-state index >= 15 is 0 Å². The van der Waals surface area contributed by atoms with Gasteiger partial charge in [-0.2, -0.15) is 0 Å². The first-order valence-corrected chi connectivity index (χ1v) is 9.34. The van der Waals surface area contributed by atoms with Crippen LogP contribution in [0.15, 0.2) is 70.9 Å². The molecule has 26 heavy (non-hydrogen) atoms. The molecule has 1 unspecified atom stereocenters. The Morgan fingerprint density at radius 2 is 1.73 bits per heavy atom. The summed E-state index contributed by atoms with van der Waals surface area (Å²) in [7, 11) is 0. The maximum absolute atomic E-state index is 13.0. The lowest BCUT2D eigenvalue weighted by molar-refractivity contribution is -0.113. The lowest BCUT2D eigenvalue weighted by Crippen LogP contribution is -2.32. The Labute approximate surface area is 175 Å². The molecule has 0 radical (unpaired) electrons. The van der Waals surface area contributed by atoms with Gasteiger partial charge in [0.05, 0.1) is 5.57 Å². The molecule has 1 atom stereocenters. The van der Waals surface area contributed by atoms with Gasteiger partial charge >= 0.3 is 0 Å². The SMILES string of the molecule is CSC1=NC(c2ccccc2)C(C(=O)Nc2ccccc2C)=C(C)N1.I. The van der Waals surface area contributed by atoms with Crippen molar-refractivity contribution in [2.45, 2.75) is 19.9 Å². The van der Waals surface area contributed by atoms with Crippen molar-refractivity contribution in [3.05, 3.63) is 77.0 Å². The van der Waals surface area contributed by atoms with Gasteiger partial charge in [0.2, 0.25) is 0 Å². The number of anilines is 1. The number of nitrogens with zero attached hydrogens (tertiary/aromatic N) is 1. The van der Waals surface area contributed by atoms with E-state index in [1.54, 1.807) is 11.8 Å². The number of nitrogens with one attached hydrogen (secondary N) is 2. The van der Waals surface area contributed by atoms with Crippen LogP contribution in [-0.2, 0) is 4.79 Å². The number of aryl methyl sites for hydroxylation is 1. The molecule has 6 heteroatoms. The number of aliphatic imine (C=N–C) groups is 1. The highest BCUT2D eigenvalue weighted by Crippen LogP contribution is 2.32.